The molecule has 12 nitrogen and oxygen atoms in total. The van der Waals surface area contributed by atoms with Gasteiger partial charge in [0.1, 0.15) is 11.4 Å². The fourth-order valence-corrected chi connectivity index (χ4v) is 2.80. The van der Waals surface area contributed by atoms with Crippen LogP contribution >= 0.6 is 0 Å². The van der Waals surface area contributed by atoms with E-state index in [2.05, 4.69) is 40.5 Å². The Morgan fingerprint density at radius 1 is 0.710 bits per heavy atom. The maximum Gasteiger partial charge on any atom is 0.240 e. The van der Waals surface area contributed by atoms with Crippen molar-refractivity contribution in [2.45, 2.75) is 0 Å². The monoisotopic (exact) mass is 424 g/mol. The minimum Gasteiger partial charge on any atom is -0.481 e. The third kappa shape index (κ3) is 4.03. The van der Waals surface area contributed by atoms with Crippen LogP contribution in [-0.2, 0) is 0 Å². The Morgan fingerprint density at radius 3 is 1.90 bits per heavy atom. The second-order valence-electron chi connectivity index (χ2n) is 6.07. The molecule has 0 amide bonds. The first kappa shape index (κ1) is 19.9. The number of aromatic nitrogens is 6. The lowest BCUT2D eigenvalue weighted by molar-refractivity contribution is 0.366. The quantitative estimate of drug-likeness (QED) is 0.384. The summed E-state index contributed by atoms with van der Waals surface area (Å²) >= 11 is 0. The van der Waals surface area contributed by atoms with Gasteiger partial charge in [0, 0.05) is 12.1 Å². The van der Waals surface area contributed by atoms with E-state index in [0.717, 1.165) is 0 Å². The van der Waals surface area contributed by atoms with Gasteiger partial charge in [-0.3, -0.25) is 0 Å². The van der Waals surface area contributed by atoms with Crippen molar-refractivity contribution in [2.24, 2.45) is 0 Å². The molecule has 0 saturated carbocycles. The number of hydrogen-bond acceptors (Lipinski definition) is 11. The molecule has 0 saturated heterocycles. The van der Waals surface area contributed by atoms with Crippen molar-refractivity contribution in [3.05, 3.63) is 30.6 Å². The van der Waals surface area contributed by atoms with Crippen LogP contribution < -0.4 is 29.6 Å². The summed E-state index contributed by atoms with van der Waals surface area (Å²) in [5, 5.41) is 6.30. The minimum atomic E-state index is 0.296. The van der Waals surface area contributed by atoms with E-state index in [1.807, 2.05) is 0 Å². The van der Waals surface area contributed by atoms with Gasteiger partial charge in [-0.1, -0.05) is 0 Å². The maximum absolute atomic E-state index is 5.35. The van der Waals surface area contributed by atoms with E-state index in [1.165, 1.54) is 34.8 Å². The average molecular weight is 424 g/mol. The van der Waals surface area contributed by atoms with Crippen LogP contribution in [0.3, 0.4) is 0 Å². The van der Waals surface area contributed by atoms with Crippen molar-refractivity contribution >= 4 is 34.3 Å². The Labute approximate surface area is 177 Å². The molecule has 4 aromatic heterocycles. The largest absolute Gasteiger partial charge is 0.481 e. The summed E-state index contributed by atoms with van der Waals surface area (Å²) in [6.07, 6.45) is 1.54. The molecule has 4 heterocycles. The molecular formula is C19H20N8O4. The molecule has 0 unspecified atom stereocenters. The third-order valence-electron chi connectivity index (χ3n) is 4.25. The Hall–Kier alpha value is -4.35. The van der Waals surface area contributed by atoms with E-state index in [4.69, 9.17) is 18.9 Å². The van der Waals surface area contributed by atoms with Crippen LogP contribution in [0.5, 0.6) is 23.5 Å². The highest BCUT2D eigenvalue weighted by Gasteiger charge is 2.16. The number of imidazole rings is 1. The summed E-state index contributed by atoms with van der Waals surface area (Å²) in [4.78, 5) is 24.8. The van der Waals surface area contributed by atoms with E-state index in [1.54, 1.807) is 24.3 Å². The molecule has 0 aliphatic heterocycles. The predicted octanol–water partition coefficient (Wildman–Crippen LogP) is 2.66. The van der Waals surface area contributed by atoms with Gasteiger partial charge in [-0.25, -0.2) is 4.98 Å². The number of nitrogens with zero attached hydrogens (tertiary/aromatic N) is 5. The van der Waals surface area contributed by atoms with E-state index < -0.39 is 0 Å². The highest BCUT2D eigenvalue weighted by atomic mass is 16.5. The molecule has 160 valence electrons. The first-order valence-corrected chi connectivity index (χ1v) is 9.08. The fourth-order valence-electron chi connectivity index (χ4n) is 2.80. The molecule has 3 N–H and O–H groups in total. The van der Waals surface area contributed by atoms with Gasteiger partial charge in [-0.2, -0.15) is 19.9 Å². The van der Waals surface area contributed by atoms with Crippen LogP contribution in [0.2, 0.25) is 0 Å². The van der Waals surface area contributed by atoms with Crippen LogP contribution in [0.15, 0.2) is 30.6 Å². The lowest BCUT2D eigenvalue weighted by atomic mass is 10.3. The Morgan fingerprint density at radius 2 is 1.32 bits per heavy atom. The Kier molecular flexibility index (Phi) is 5.51. The number of methoxy groups -OCH3 is 4. The zero-order valence-corrected chi connectivity index (χ0v) is 17.3. The molecule has 0 fully saturated rings. The van der Waals surface area contributed by atoms with Crippen LogP contribution in [0.4, 0.5) is 23.1 Å². The molecule has 4 aromatic rings. The van der Waals surface area contributed by atoms with Crippen molar-refractivity contribution < 1.29 is 18.9 Å². The second kappa shape index (κ2) is 8.57. The van der Waals surface area contributed by atoms with Crippen molar-refractivity contribution in [3.63, 3.8) is 0 Å². The number of rotatable bonds is 8. The molecule has 0 aliphatic carbocycles. The first-order chi connectivity index (χ1) is 15.1. The number of nitrogens with one attached hydrogen (secondary N) is 3. The Balaban J connectivity index is 1.71. The zero-order valence-electron chi connectivity index (χ0n) is 17.3. The highest BCUT2D eigenvalue weighted by Crippen LogP contribution is 2.32. The van der Waals surface area contributed by atoms with Crippen molar-refractivity contribution in [3.8, 4) is 23.5 Å². The van der Waals surface area contributed by atoms with Crippen LogP contribution in [0.25, 0.3) is 11.2 Å². The van der Waals surface area contributed by atoms with E-state index in [9.17, 15) is 0 Å². The van der Waals surface area contributed by atoms with Gasteiger partial charge >= 0.3 is 0 Å². The average Bonchev–Trinajstić information content (AvgIpc) is 3.28. The minimum absolute atomic E-state index is 0.296. The zero-order chi connectivity index (χ0) is 21.8. The first-order valence-electron chi connectivity index (χ1n) is 9.08. The molecule has 31 heavy (non-hydrogen) atoms. The molecular weight excluding hydrogens is 404 g/mol. The molecule has 0 aliphatic rings. The topological polar surface area (TPSA) is 141 Å². The van der Waals surface area contributed by atoms with Gasteiger partial charge in [0.15, 0.2) is 17.0 Å². The van der Waals surface area contributed by atoms with E-state index in [-0.39, 0.29) is 0 Å². The van der Waals surface area contributed by atoms with Crippen molar-refractivity contribution in [2.75, 3.05) is 39.1 Å². The van der Waals surface area contributed by atoms with Crippen LogP contribution in [-0.4, -0.2) is 58.3 Å². The number of hydrogen-bond donors (Lipinski definition) is 3. The normalized spacial score (nSPS) is 10.6. The number of fused-ring (bicyclic) bond motifs is 1. The van der Waals surface area contributed by atoms with Crippen molar-refractivity contribution in [1.29, 1.82) is 0 Å². The van der Waals surface area contributed by atoms with Gasteiger partial charge in [-0.05, 0) is 12.1 Å². The molecule has 12 heteroatoms. The molecule has 0 aromatic carbocycles. The summed E-state index contributed by atoms with van der Waals surface area (Å²) in [5.74, 6) is 2.27. The molecule has 0 bridgehead atoms. The molecule has 0 atom stereocenters. The van der Waals surface area contributed by atoms with E-state index in [0.29, 0.717) is 57.8 Å². The lowest BCUT2D eigenvalue weighted by Gasteiger charge is -2.13. The molecule has 0 spiro atoms. The second-order valence-corrected chi connectivity index (χ2v) is 6.07. The van der Waals surface area contributed by atoms with E-state index >= 15 is 0 Å². The summed E-state index contributed by atoms with van der Waals surface area (Å²) in [5.41, 5.74) is 2.22. The summed E-state index contributed by atoms with van der Waals surface area (Å²) < 4.78 is 21.0. The number of aromatic amines is 1. The Bertz CT molecular complexity index is 1210. The summed E-state index contributed by atoms with van der Waals surface area (Å²) in [6.45, 7) is 0. The number of pyridine rings is 2. The smallest absolute Gasteiger partial charge is 0.240 e. The SMILES string of the molecule is COc1ccc(Nc2nc(Nc3ccc(OC)nc3OC)c3nc[nH]c3n2)c(OC)n1. The molecule has 4 rings (SSSR count). The number of H-pyrrole nitrogens is 1. The lowest BCUT2D eigenvalue weighted by Crippen LogP contribution is -2.05. The standard InChI is InChI=1S/C19H20N8O4/c1-28-12-7-5-10(17(24-12)30-3)22-16-14-15(21-9-20-14)26-19(27-16)23-11-6-8-13(29-2)25-18(11)31-4/h5-9H,1-4H3,(H3,20,21,22,23,26,27). The van der Waals surface area contributed by atoms with Crippen molar-refractivity contribution in [1.82, 2.24) is 29.9 Å². The number of ether oxygens (including phenoxy) is 4. The number of anilines is 4. The molecule has 0 radical (unpaired) electrons. The summed E-state index contributed by atoms with van der Waals surface area (Å²) in [6, 6.07) is 6.94. The van der Waals surface area contributed by atoms with Crippen LogP contribution in [0.1, 0.15) is 0 Å². The predicted molar refractivity (Wildman–Crippen MR) is 113 cm³/mol. The highest BCUT2D eigenvalue weighted by molar-refractivity contribution is 5.87. The van der Waals surface area contributed by atoms with Crippen LogP contribution in [0, 0.1) is 0 Å². The maximum atomic E-state index is 5.35. The van der Waals surface area contributed by atoms with Gasteiger partial charge < -0.3 is 34.6 Å². The fraction of sp³-hybridized carbons (Fsp3) is 0.211. The third-order valence-corrected chi connectivity index (χ3v) is 4.25. The van der Waals surface area contributed by atoms with Gasteiger partial charge in [0.2, 0.25) is 29.5 Å². The summed E-state index contributed by atoms with van der Waals surface area (Å²) in [7, 11) is 6.10. The van der Waals surface area contributed by atoms with Gasteiger partial charge in [0.05, 0.1) is 34.8 Å². The van der Waals surface area contributed by atoms with Gasteiger partial charge in [0.25, 0.3) is 0 Å². The van der Waals surface area contributed by atoms with Gasteiger partial charge in [-0.15, -0.1) is 0 Å².